The van der Waals surface area contributed by atoms with Crippen molar-refractivity contribution < 1.29 is 14.3 Å². The summed E-state index contributed by atoms with van der Waals surface area (Å²) in [6, 6.07) is 6.55. The molecular weight excluding hydrogens is 206 g/mol. The van der Waals surface area contributed by atoms with Crippen molar-refractivity contribution in [3.63, 3.8) is 0 Å². The van der Waals surface area contributed by atoms with Crippen molar-refractivity contribution in [1.82, 2.24) is 5.32 Å². The van der Waals surface area contributed by atoms with Crippen LogP contribution in [-0.2, 0) is 0 Å². The summed E-state index contributed by atoms with van der Waals surface area (Å²) in [5.74, 6) is 0.320. The van der Waals surface area contributed by atoms with Crippen LogP contribution in [-0.4, -0.2) is 18.4 Å². The Labute approximate surface area is 94.6 Å². The second-order valence-corrected chi connectivity index (χ2v) is 3.40. The fraction of sp³-hybridized carbons (Fsp3) is 0.333. The number of rotatable bonds is 4. The van der Waals surface area contributed by atoms with Crippen LogP contribution in [0.4, 0.5) is 4.79 Å². The summed E-state index contributed by atoms with van der Waals surface area (Å²) < 4.78 is 5.00. The molecule has 0 saturated carbocycles. The summed E-state index contributed by atoms with van der Waals surface area (Å²) in [5, 5.41) is 2.58. The van der Waals surface area contributed by atoms with Crippen LogP contribution in [0.25, 0.3) is 0 Å². The number of ether oxygens (including phenoxy) is 1. The number of hydrogen-bond acceptors (Lipinski definition) is 3. The van der Waals surface area contributed by atoms with Crippen molar-refractivity contribution in [3.05, 3.63) is 29.8 Å². The van der Waals surface area contributed by atoms with Gasteiger partial charge >= 0.3 is 6.09 Å². The van der Waals surface area contributed by atoms with E-state index in [1.54, 1.807) is 24.3 Å². The number of benzene rings is 1. The van der Waals surface area contributed by atoms with Gasteiger partial charge in [-0.1, -0.05) is 19.1 Å². The summed E-state index contributed by atoms with van der Waals surface area (Å²) >= 11 is 0. The number of nitrogens with one attached hydrogen (secondary N) is 1. The van der Waals surface area contributed by atoms with Crippen LogP contribution in [0.5, 0.6) is 5.75 Å². The van der Waals surface area contributed by atoms with E-state index < -0.39 is 6.09 Å². The van der Waals surface area contributed by atoms with E-state index >= 15 is 0 Å². The smallest absolute Gasteiger partial charge is 0.410 e. The van der Waals surface area contributed by atoms with Gasteiger partial charge in [-0.2, -0.15) is 0 Å². The molecule has 1 rings (SSSR count). The van der Waals surface area contributed by atoms with E-state index in [0.29, 0.717) is 17.9 Å². The van der Waals surface area contributed by atoms with E-state index in [9.17, 15) is 9.59 Å². The summed E-state index contributed by atoms with van der Waals surface area (Å²) in [6.07, 6.45) is 0.352. The average molecular weight is 221 g/mol. The number of Topliss-reactive ketones (excluding diaryl/α,β-unsaturated/α-hetero) is 1. The third-order valence-electron chi connectivity index (χ3n) is 1.97. The molecule has 16 heavy (non-hydrogen) atoms. The topological polar surface area (TPSA) is 55.4 Å². The van der Waals surface area contributed by atoms with Crippen molar-refractivity contribution in [1.29, 1.82) is 0 Å². The van der Waals surface area contributed by atoms with Gasteiger partial charge < -0.3 is 10.1 Å². The maximum Gasteiger partial charge on any atom is 0.412 e. The standard InChI is InChI=1S/C12H15NO3/c1-3-7-13-12(15)16-11-6-4-5-10(8-11)9(2)14/h4-6,8H,3,7H2,1-2H3,(H,13,15). The van der Waals surface area contributed by atoms with Crippen LogP contribution in [0.1, 0.15) is 30.6 Å². The molecular formula is C12H15NO3. The van der Waals surface area contributed by atoms with Gasteiger partial charge in [-0.3, -0.25) is 4.79 Å². The zero-order valence-electron chi connectivity index (χ0n) is 9.45. The first-order valence-corrected chi connectivity index (χ1v) is 5.20. The Morgan fingerprint density at radius 1 is 1.38 bits per heavy atom. The molecule has 4 nitrogen and oxygen atoms in total. The first-order valence-electron chi connectivity index (χ1n) is 5.20. The molecule has 1 amide bonds. The predicted octanol–water partition coefficient (Wildman–Crippen LogP) is 2.39. The number of hydrogen-bond donors (Lipinski definition) is 1. The van der Waals surface area contributed by atoms with E-state index in [4.69, 9.17) is 4.74 Å². The number of carbonyl (C=O) groups excluding carboxylic acids is 2. The molecule has 1 aromatic carbocycles. The highest BCUT2D eigenvalue weighted by Gasteiger charge is 2.05. The zero-order chi connectivity index (χ0) is 12.0. The average Bonchev–Trinajstić information content (AvgIpc) is 2.26. The van der Waals surface area contributed by atoms with Crippen LogP contribution in [0.2, 0.25) is 0 Å². The number of carbonyl (C=O) groups is 2. The molecule has 0 radical (unpaired) electrons. The Bertz CT molecular complexity index is 388. The Morgan fingerprint density at radius 2 is 2.12 bits per heavy atom. The van der Waals surface area contributed by atoms with Gasteiger partial charge in [0, 0.05) is 12.1 Å². The predicted molar refractivity (Wildman–Crippen MR) is 60.8 cm³/mol. The molecule has 0 unspecified atom stereocenters. The SMILES string of the molecule is CCCNC(=O)Oc1cccc(C(C)=O)c1. The third-order valence-corrected chi connectivity index (χ3v) is 1.97. The van der Waals surface area contributed by atoms with Crippen LogP contribution < -0.4 is 10.1 Å². The van der Waals surface area contributed by atoms with Gasteiger partial charge in [-0.05, 0) is 25.5 Å². The van der Waals surface area contributed by atoms with Crippen LogP contribution in [0.3, 0.4) is 0 Å². The second-order valence-electron chi connectivity index (χ2n) is 3.40. The molecule has 1 N–H and O–H groups in total. The maximum atomic E-state index is 11.2. The Balaban J connectivity index is 2.63. The molecule has 1 aromatic rings. The fourth-order valence-electron chi connectivity index (χ4n) is 1.15. The lowest BCUT2D eigenvalue weighted by atomic mass is 10.1. The molecule has 0 aromatic heterocycles. The van der Waals surface area contributed by atoms with Crippen LogP contribution >= 0.6 is 0 Å². The molecule has 0 aliphatic carbocycles. The normalized spacial score (nSPS) is 9.62. The quantitative estimate of drug-likeness (QED) is 0.794. The number of ketones is 1. The lowest BCUT2D eigenvalue weighted by Crippen LogP contribution is -2.27. The first kappa shape index (κ1) is 12.2. The molecule has 0 atom stereocenters. The minimum atomic E-state index is -0.498. The Hall–Kier alpha value is -1.84. The Morgan fingerprint density at radius 3 is 2.75 bits per heavy atom. The third kappa shape index (κ3) is 3.73. The van der Waals surface area contributed by atoms with Gasteiger partial charge in [0.25, 0.3) is 0 Å². The maximum absolute atomic E-state index is 11.2. The van der Waals surface area contributed by atoms with Gasteiger partial charge in [0.15, 0.2) is 5.78 Å². The largest absolute Gasteiger partial charge is 0.412 e. The second kappa shape index (κ2) is 5.90. The first-order chi connectivity index (χ1) is 7.63. The molecule has 0 heterocycles. The molecule has 0 spiro atoms. The fourth-order valence-corrected chi connectivity index (χ4v) is 1.15. The lowest BCUT2D eigenvalue weighted by Gasteiger charge is -2.06. The van der Waals surface area contributed by atoms with Crippen LogP contribution in [0, 0.1) is 0 Å². The van der Waals surface area contributed by atoms with Crippen molar-refractivity contribution in [2.75, 3.05) is 6.54 Å². The molecule has 0 fully saturated rings. The Kier molecular flexibility index (Phi) is 4.51. The molecule has 0 aliphatic heterocycles. The van der Waals surface area contributed by atoms with Crippen LogP contribution in [0.15, 0.2) is 24.3 Å². The van der Waals surface area contributed by atoms with Gasteiger partial charge in [-0.15, -0.1) is 0 Å². The van der Waals surface area contributed by atoms with Crippen molar-refractivity contribution in [2.24, 2.45) is 0 Å². The van der Waals surface area contributed by atoms with Gasteiger partial charge in [-0.25, -0.2) is 4.79 Å². The van der Waals surface area contributed by atoms with Crippen molar-refractivity contribution in [2.45, 2.75) is 20.3 Å². The molecule has 4 heteroatoms. The zero-order valence-corrected chi connectivity index (χ0v) is 9.45. The van der Waals surface area contributed by atoms with Crippen molar-refractivity contribution in [3.8, 4) is 5.75 Å². The summed E-state index contributed by atoms with van der Waals surface area (Å²) in [6.45, 7) is 4.00. The summed E-state index contributed by atoms with van der Waals surface area (Å²) in [4.78, 5) is 22.3. The van der Waals surface area contributed by atoms with E-state index in [-0.39, 0.29) is 5.78 Å². The van der Waals surface area contributed by atoms with Gasteiger partial charge in [0.1, 0.15) is 5.75 Å². The monoisotopic (exact) mass is 221 g/mol. The highest BCUT2D eigenvalue weighted by molar-refractivity contribution is 5.94. The van der Waals surface area contributed by atoms with E-state index in [2.05, 4.69) is 5.32 Å². The lowest BCUT2D eigenvalue weighted by molar-refractivity contribution is 0.101. The van der Waals surface area contributed by atoms with E-state index in [1.165, 1.54) is 6.92 Å². The van der Waals surface area contributed by atoms with Crippen molar-refractivity contribution >= 4 is 11.9 Å². The van der Waals surface area contributed by atoms with Gasteiger partial charge in [0.2, 0.25) is 0 Å². The summed E-state index contributed by atoms with van der Waals surface area (Å²) in [5.41, 5.74) is 0.529. The molecule has 86 valence electrons. The number of amides is 1. The minimum Gasteiger partial charge on any atom is -0.410 e. The summed E-state index contributed by atoms with van der Waals surface area (Å²) in [7, 11) is 0. The van der Waals surface area contributed by atoms with Gasteiger partial charge in [0.05, 0.1) is 0 Å². The van der Waals surface area contributed by atoms with E-state index in [1.807, 2.05) is 6.92 Å². The molecule has 0 bridgehead atoms. The molecule has 0 saturated heterocycles. The highest BCUT2D eigenvalue weighted by Crippen LogP contribution is 2.13. The minimum absolute atomic E-state index is 0.0561. The highest BCUT2D eigenvalue weighted by atomic mass is 16.6. The van der Waals surface area contributed by atoms with E-state index in [0.717, 1.165) is 6.42 Å². The molecule has 0 aliphatic rings.